The zero-order valence-corrected chi connectivity index (χ0v) is 12.4. The molecule has 104 valence electrons. The van der Waals surface area contributed by atoms with Gasteiger partial charge in [-0.25, -0.2) is 18.1 Å². The number of rotatable bonds is 4. The van der Waals surface area contributed by atoms with Crippen LogP contribution in [0.2, 0.25) is 0 Å². The third-order valence-electron chi connectivity index (χ3n) is 3.49. The van der Waals surface area contributed by atoms with E-state index < -0.39 is 15.6 Å². The number of nitrogens with zero attached hydrogens (tertiary/aromatic N) is 2. The summed E-state index contributed by atoms with van der Waals surface area (Å²) in [7, 11) is -3.67. The van der Waals surface area contributed by atoms with E-state index in [9.17, 15) is 8.42 Å². The van der Waals surface area contributed by atoms with Crippen LogP contribution in [0, 0.1) is 5.92 Å². The standard InChI is InChI=1S/C11H16N4O2S2/c1-11(2,7-3-4-7)14-19(16,17)9-8(12)13-10-15(9)5-6-18-10/h5-7,14H,3-4,12H2,1-2H3. The molecule has 8 heteroatoms. The van der Waals surface area contributed by atoms with E-state index in [0.717, 1.165) is 12.8 Å². The normalized spacial score (nSPS) is 17.2. The molecule has 1 saturated carbocycles. The van der Waals surface area contributed by atoms with Crippen LogP contribution in [-0.2, 0) is 10.0 Å². The Morgan fingerprint density at radius 2 is 2.21 bits per heavy atom. The zero-order valence-electron chi connectivity index (χ0n) is 10.8. The van der Waals surface area contributed by atoms with E-state index in [1.807, 2.05) is 13.8 Å². The monoisotopic (exact) mass is 300 g/mol. The molecule has 0 saturated heterocycles. The maximum atomic E-state index is 12.5. The first kappa shape index (κ1) is 12.9. The smallest absolute Gasteiger partial charge is 0.260 e. The molecule has 0 amide bonds. The number of fused-ring (bicyclic) bond motifs is 1. The quantitative estimate of drug-likeness (QED) is 0.894. The summed E-state index contributed by atoms with van der Waals surface area (Å²) in [5.41, 5.74) is 5.30. The number of anilines is 1. The second-order valence-electron chi connectivity index (χ2n) is 5.46. The van der Waals surface area contributed by atoms with Gasteiger partial charge >= 0.3 is 0 Å². The Labute approximate surface area is 115 Å². The van der Waals surface area contributed by atoms with Crippen LogP contribution in [0.25, 0.3) is 4.96 Å². The first-order valence-corrected chi connectivity index (χ1v) is 8.42. The number of thiazole rings is 1. The molecule has 0 radical (unpaired) electrons. The Morgan fingerprint density at radius 1 is 1.53 bits per heavy atom. The highest BCUT2D eigenvalue weighted by molar-refractivity contribution is 7.89. The van der Waals surface area contributed by atoms with Gasteiger partial charge < -0.3 is 5.73 Å². The van der Waals surface area contributed by atoms with Crippen molar-refractivity contribution in [3.8, 4) is 0 Å². The highest BCUT2D eigenvalue weighted by Crippen LogP contribution is 2.40. The molecule has 1 aliphatic carbocycles. The maximum Gasteiger partial charge on any atom is 0.260 e. The highest BCUT2D eigenvalue weighted by atomic mass is 32.2. The van der Waals surface area contributed by atoms with Crippen molar-refractivity contribution in [3.63, 3.8) is 0 Å². The molecule has 0 atom stereocenters. The predicted octanol–water partition coefficient (Wildman–Crippen LogP) is 1.44. The molecule has 2 aromatic rings. The summed E-state index contributed by atoms with van der Waals surface area (Å²) in [6.45, 7) is 3.81. The Hall–Kier alpha value is -1.12. The van der Waals surface area contributed by atoms with Crippen LogP contribution in [0.1, 0.15) is 26.7 Å². The van der Waals surface area contributed by atoms with Crippen LogP contribution in [0.3, 0.4) is 0 Å². The minimum atomic E-state index is -3.67. The molecule has 0 unspecified atom stereocenters. The number of sulfonamides is 1. The van der Waals surface area contributed by atoms with Crippen LogP contribution < -0.4 is 10.5 Å². The van der Waals surface area contributed by atoms with Crippen LogP contribution in [0.15, 0.2) is 16.6 Å². The summed E-state index contributed by atoms with van der Waals surface area (Å²) >= 11 is 1.35. The van der Waals surface area contributed by atoms with Gasteiger partial charge in [0.05, 0.1) is 0 Å². The second-order valence-corrected chi connectivity index (χ2v) is 7.93. The van der Waals surface area contributed by atoms with Crippen LogP contribution >= 0.6 is 11.3 Å². The third-order valence-corrected chi connectivity index (χ3v) is 5.96. The first-order valence-electron chi connectivity index (χ1n) is 6.06. The Kier molecular flexibility index (Phi) is 2.67. The molecule has 1 aliphatic rings. The number of imidazole rings is 1. The van der Waals surface area contributed by atoms with Gasteiger partial charge in [-0.15, -0.1) is 11.3 Å². The van der Waals surface area contributed by atoms with Crippen molar-refractivity contribution in [1.29, 1.82) is 0 Å². The Morgan fingerprint density at radius 3 is 2.84 bits per heavy atom. The van der Waals surface area contributed by atoms with Crippen molar-refractivity contribution in [1.82, 2.24) is 14.1 Å². The van der Waals surface area contributed by atoms with E-state index in [1.54, 1.807) is 11.6 Å². The van der Waals surface area contributed by atoms with E-state index in [4.69, 9.17) is 5.73 Å². The molecular formula is C11H16N4O2S2. The van der Waals surface area contributed by atoms with E-state index >= 15 is 0 Å². The van der Waals surface area contributed by atoms with Crippen molar-refractivity contribution >= 4 is 32.1 Å². The highest BCUT2D eigenvalue weighted by Gasteiger charge is 2.41. The van der Waals surface area contributed by atoms with Gasteiger partial charge in [0.1, 0.15) is 0 Å². The van der Waals surface area contributed by atoms with E-state index in [-0.39, 0.29) is 10.8 Å². The number of hydrogen-bond acceptors (Lipinski definition) is 5. The van der Waals surface area contributed by atoms with Gasteiger partial charge in [0.25, 0.3) is 10.0 Å². The van der Waals surface area contributed by atoms with Gasteiger partial charge in [-0.05, 0) is 32.6 Å². The van der Waals surface area contributed by atoms with Crippen molar-refractivity contribution in [2.45, 2.75) is 37.3 Å². The van der Waals surface area contributed by atoms with E-state index in [1.165, 1.54) is 15.7 Å². The van der Waals surface area contributed by atoms with Crippen LogP contribution in [0.5, 0.6) is 0 Å². The summed E-state index contributed by atoms with van der Waals surface area (Å²) in [4.78, 5) is 4.66. The topological polar surface area (TPSA) is 89.5 Å². The van der Waals surface area contributed by atoms with Gasteiger partial charge in [-0.3, -0.25) is 4.40 Å². The molecule has 3 rings (SSSR count). The lowest BCUT2D eigenvalue weighted by atomic mass is 10.0. The van der Waals surface area contributed by atoms with Crippen LogP contribution in [-0.4, -0.2) is 23.3 Å². The molecule has 0 aliphatic heterocycles. The molecule has 2 aromatic heterocycles. The fourth-order valence-corrected chi connectivity index (χ4v) is 4.79. The van der Waals surface area contributed by atoms with Crippen molar-refractivity contribution in [2.75, 3.05) is 5.73 Å². The molecule has 2 heterocycles. The molecule has 0 aromatic carbocycles. The number of hydrogen-bond donors (Lipinski definition) is 2. The number of aromatic nitrogens is 2. The Bertz CT molecular complexity index is 725. The van der Waals surface area contributed by atoms with E-state index in [2.05, 4.69) is 9.71 Å². The van der Waals surface area contributed by atoms with Crippen molar-refractivity contribution in [3.05, 3.63) is 11.6 Å². The van der Waals surface area contributed by atoms with Crippen molar-refractivity contribution < 1.29 is 8.42 Å². The van der Waals surface area contributed by atoms with Gasteiger partial charge in [-0.2, -0.15) is 0 Å². The van der Waals surface area contributed by atoms with Crippen molar-refractivity contribution in [2.24, 2.45) is 5.92 Å². The van der Waals surface area contributed by atoms with Gasteiger partial charge in [0.2, 0.25) is 0 Å². The Balaban J connectivity index is 2.04. The molecule has 0 bridgehead atoms. The summed E-state index contributed by atoms with van der Waals surface area (Å²) in [6.07, 6.45) is 3.79. The first-order chi connectivity index (χ1) is 8.81. The summed E-state index contributed by atoms with van der Waals surface area (Å²) < 4.78 is 29.3. The fourth-order valence-electron chi connectivity index (χ4n) is 2.33. The van der Waals surface area contributed by atoms with Gasteiger partial charge in [0.15, 0.2) is 15.8 Å². The largest absolute Gasteiger partial charge is 0.381 e. The minimum absolute atomic E-state index is 0.0393. The van der Waals surface area contributed by atoms with Gasteiger partial charge in [-0.1, -0.05) is 0 Å². The lowest BCUT2D eigenvalue weighted by molar-refractivity contribution is 0.400. The average molecular weight is 300 g/mol. The fraction of sp³-hybridized carbons (Fsp3) is 0.545. The summed E-state index contributed by atoms with van der Waals surface area (Å²) in [5, 5.41) is 1.82. The molecule has 19 heavy (non-hydrogen) atoms. The molecule has 6 nitrogen and oxygen atoms in total. The lowest BCUT2D eigenvalue weighted by Gasteiger charge is -2.25. The average Bonchev–Trinajstić information content (AvgIpc) is 2.94. The van der Waals surface area contributed by atoms with E-state index in [0.29, 0.717) is 10.9 Å². The predicted molar refractivity (Wildman–Crippen MR) is 74.6 cm³/mol. The zero-order chi connectivity index (χ0) is 13.8. The number of nitrogen functional groups attached to an aromatic ring is 1. The molecule has 1 fully saturated rings. The molecular weight excluding hydrogens is 284 g/mol. The third kappa shape index (κ3) is 2.13. The lowest BCUT2D eigenvalue weighted by Crippen LogP contribution is -2.45. The molecule has 3 N–H and O–H groups in total. The number of nitrogens with one attached hydrogen (secondary N) is 1. The van der Waals surface area contributed by atoms with Gasteiger partial charge in [0, 0.05) is 17.1 Å². The minimum Gasteiger partial charge on any atom is -0.381 e. The summed E-state index contributed by atoms with van der Waals surface area (Å²) in [5.74, 6) is 0.445. The maximum absolute atomic E-state index is 12.5. The SMILES string of the molecule is CC(C)(NS(=O)(=O)c1c(N)nc2sccn12)C1CC1. The van der Waals surface area contributed by atoms with Crippen LogP contribution in [0.4, 0.5) is 5.82 Å². The number of nitrogens with two attached hydrogens (primary N) is 1. The second kappa shape index (κ2) is 3.94. The molecule has 0 spiro atoms. The summed E-state index contributed by atoms with van der Waals surface area (Å²) in [6, 6.07) is 0.